The van der Waals surface area contributed by atoms with Gasteiger partial charge in [0.1, 0.15) is 0 Å². The molecule has 3 heteroatoms. The third-order valence-corrected chi connectivity index (χ3v) is 2.28. The molecule has 0 N–H and O–H groups in total. The lowest BCUT2D eigenvalue weighted by atomic mass is 10.2. The van der Waals surface area contributed by atoms with E-state index in [0.29, 0.717) is 5.88 Å². The van der Waals surface area contributed by atoms with Crippen LogP contribution in [0.25, 0.3) is 0 Å². The van der Waals surface area contributed by atoms with Gasteiger partial charge >= 0.3 is 0 Å². The Morgan fingerprint density at radius 1 is 1.58 bits per heavy atom. The molecule has 64 valence electrons. The third-order valence-electron chi connectivity index (χ3n) is 2.28. The fourth-order valence-electron chi connectivity index (χ4n) is 1.53. The van der Waals surface area contributed by atoms with Crippen LogP contribution in [0.1, 0.15) is 5.56 Å². The van der Waals surface area contributed by atoms with Crippen molar-refractivity contribution in [2.45, 2.75) is 6.42 Å². The summed E-state index contributed by atoms with van der Waals surface area (Å²) in [6, 6.07) is 2.01. The molecule has 2 rings (SSSR count). The fraction of sp³-hybridized carbons (Fsp3) is 0.444. The molecule has 0 amide bonds. The molecule has 12 heavy (non-hydrogen) atoms. The maximum Gasteiger partial charge on any atom is 0.213 e. The van der Waals surface area contributed by atoms with Crippen LogP contribution in [0.5, 0.6) is 5.88 Å². The Hall–Kier alpha value is -1.25. The molecule has 3 nitrogen and oxygen atoms in total. The number of hydrogen-bond donors (Lipinski definition) is 0. The van der Waals surface area contributed by atoms with E-state index in [-0.39, 0.29) is 0 Å². The zero-order chi connectivity index (χ0) is 8.55. The van der Waals surface area contributed by atoms with Crippen LogP contribution in [0.4, 0.5) is 5.69 Å². The quantitative estimate of drug-likeness (QED) is 0.621. The number of nitrogens with zero attached hydrogens (tertiary/aromatic N) is 2. The third kappa shape index (κ3) is 1.02. The van der Waals surface area contributed by atoms with E-state index in [0.717, 1.165) is 13.0 Å². The van der Waals surface area contributed by atoms with Crippen LogP contribution in [0, 0.1) is 0 Å². The van der Waals surface area contributed by atoms with Gasteiger partial charge in [0.15, 0.2) is 0 Å². The molecule has 0 fully saturated rings. The molecule has 0 bridgehead atoms. The second-order valence-electron chi connectivity index (χ2n) is 3.03. The van der Waals surface area contributed by atoms with Crippen LogP contribution in [-0.2, 0) is 6.42 Å². The van der Waals surface area contributed by atoms with Crippen LogP contribution in [0.15, 0.2) is 12.3 Å². The summed E-state index contributed by atoms with van der Waals surface area (Å²) in [5.41, 5.74) is 2.57. The number of methoxy groups -OCH3 is 1. The first kappa shape index (κ1) is 7.40. The monoisotopic (exact) mass is 164 g/mol. The highest BCUT2D eigenvalue weighted by atomic mass is 16.5. The molecule has 0 unspecified atom stereocenters. The van der Waals surface area contributed by atoms with Gasteiger partial charge in [0, 0.05) is 19.7 Å². The minimum Gasteiger partial charge on any atom is -0.481 e. The second-order valence-corrected chi connectivity index (χ2v) is 3.03. The van der Waals surface area contributed by atoms with Gasteiger partial charge in [0.05, 0.1) is 19.0 Å². The minimum absolute atomic E-state index is 0.712. The van der Waals surface area contributed by atoms with Gasteiger partial charge in [-0.05, 0) is 12.0 Å². The largest absolute Gasteiger partial charge is 0.481 e. The fourth-order valence-corrected chi connectivity index (χ4v) is 1.53. The van der Waals surface area contributed by atoms with E-state index in [9.17, 15) is 0 Å². The van der Waals surface area contributed by atoms with E-state index in [1.54, 1.807) is 7.11 Å². The molecule has 1 aliphatic rings. The maximum atomic E-state index is 5.05. The van der Waals surface area contributed by atoms with E-state index < -0.39 is 0 Å². The van der Waals surface area contributed by atoms with Gasteiger partial charge in [-0.25, -0.2) is 4.98 Å². The lowest BCUT2D eigenvalue weighted by molar-refractivity contribution is 0.397. The maximum absolute atomic E-state index is 5.05. The van der Waals surface area contributed by atoms with E-state index in [1.165, 1.54) is 11.3 Å². The average Bonchev–Trinajstić information content (AvgIpc) is 2.47. The molecule has 0 saturated carbocycles. The Bertz CT molecular complexity index is 299. The predicted octanol–water partition coefficient (Wildman–Crippen LogP) is 1.08. The van der Waals surface area contributed by atoms with Gasteiger partial charge in [0.25, 0.3) is 0 Å². The number of pyridine rings is 1. The molecule has 1 aromatic heterocycles. The first-order valence-electron chi connectivity index (χ1n) is 4.05. The van der Waals surface area contributed by atoms with Crippen molar-refractivity contribution in [2.75, 3.05) is 25.6 Å². The minimum atomic E-state index is 0.712. The highest BCUT2D eigenvalue weighted by Gasteiger charge is 2.16. The molecule has 1 aliphatic heterocycles. The summed E-state index contributed by atoms with van der Waals surface area (Å²) in [6.45, 7) is 1.09. The average molecular weight is 164 g/mol. The molecule has 0 aromatic carbocycles. The SMILES string of the molecule is COc1cc2c(cn1)N(C)CC2. The van der Waals surface area contributed by atoms with E-state index >= 15 is 0 Å². The van der Waals surface area contributed by atoms with Crippen molar-refractivity contribution in [2.24, 2.45) is 0 Å². The normalized spacial score (nSPS) is 14.7. The summed E-state index contributed by atoms with van der Waals surface area (Å²) >= 11 is 0. The summed E-state index contributed by atoms with van der Waals surface area (Å²) in [5.74, 6) is 0.712. The summed E-state index contributed by atoms with van der Waals surface area (Å²) < 4.78 is 5.05. The van der Waals surface area contributed by atoms with Gasteiger partial charge in [-0.1, -0.05) is 0 Å². The molecule has 0 atom stereocenters. The van der Waals surface area contributed by atoms with Gasteiger partial charge in [-0.3, -0.25) is 0 Å². The number of likely N-dealkylation sites (N-methyl/N-ethyl adjacent to an activating group) is 1. The van der Waals surface area contributed by atoms with Crippen molar-refractivity contribution >= 4 is 5.69 Å². The molecule has 0 radical (unpaired) electrons. The van der Waals surface area contributed by atoms with Crippen molar-refractivity contribution < 1.29 is 4.74 Å². The van der Waals surface area contributed by atoms with Gasteiger partial charge in [0.2, 0.25) is 5.88 Å². The molecule has 1 aromatic rings. The number of hydrogen-bond acceptors (Lipinski definition) is 3. The van der Waals surface area contributed by atoms with Crippen LogP contribution in [-0.4, -0.2) is 25.7 Å². The lowest BCUT2D eigenvalue weighted by Gasteiger charge is -2.10. The van der Waals surface area contributed by atoms with Crippen LogP contribution in [0.2, 0.25) is 0 Å². The predicted molar refractivity (Wildman–Crippen MR) is 47.8 cm³/mol. The van der Waals surface area contributed by atoms with Crippen LogP contribution < -0.4 is 9.64 Å². The topological polar surface area (TPSA) is 25.4 Å². The molecule has 2 heterocycles. The zero-order valence-electron chi connectivity index (χ0n) is 7.37. The van der Waals surface area contributed by atoms with Gasteiger partial charge < -0.3 is 9.64 Å². The van der Waals surface area contributed by atoms with Gasteiger partial charge in [-0.15, -0.1) is 0 Å². The van der Waals surface area contributed by atoms with Gasteiger partial charge in [-0.2, -0.15) is 0 Å². The molecular formula is C9H12N2O. The van der Waals surface area contributed by atoms with Crippen molar-refractivity contribution in [3.8, 4) is 5.88 Å². The Morgan fingerprint density at radius 2 is 2.42 bits per heavy atom. The van der Waals surface area contributed by atoms with Crippen molar-refractivity contribution in [1.82, 2.24) is 4.98 Å². The standard InChI is InChI=1S/C9H12N2O/c1-11-4-3-7-5-9(12-2)10-6-8(7)11/h5-6H,3-4H2,1-2H3. The summed E-state index contributed by atoms with van der Waals surface area (Å²) in [6.07, 6.45) is 2.98. The Morgan fingerprint density at radius 3 is 3.17 bits per heavy atom. The summed E-state index contributed by atoms with van der Waals surface area (Å²) in [5, 5.41) is 0. The number of aromatic nitrogens is 1. The van der Waals surface area contributed by atoms with Crippen LogP contribution >= 0.6 is 0 Å². The van der Waals surface area contributed by atoms with E-state index in [2.05, 4.69) is 16.9 Å². The number of ether oxygens (including phenoxy) is 1. The zero-order valence-corrected chi connectivity index (χ0v) is 7.37. The Kier molecular flexibility index (Phi) is 1.64. The van der Waals surface area contributed by atoms with E-state index in [4.69, 9.17) is 4.74 Å². The van der Waals surface area contributed by atoms with Crippen molar-refractivity contribution in [3.05, 3.63) is 17.8 Å². The van der Waals surface area contributed by atoms with Crippen molar-refractivity contribution in [3.63, 3.8) is 0 Å². The highest BCUT2D eigenvalue weighted by Crippen LogP contribution is 2.27. The second kappa shape index (κ2) is 2.66. The van der Waals surface area contributed by atoms with Crippen molar-refractivity contribution in [1.29, 1.82) is 0 Å². The van der Waals surface area contributed by atoms with E-state index in [1.807, 2.05) is 12.3 Å². The molecule has 0 spiro atoms. The first-order valence-corrected chi connectivity index (χ1v) is 4.05. The number of fused-ring (bicyclic) bond motifs is 1. The smallest absolute Gasteiger partial charge is 0.213 e. The Balaban J connectivity index is 2.41. The first-order chi connectivity index (χ1) is 5.81. The number of rotatable bonds is 1. The molecular weight excluding hydrogens is 152 g/mol. The summed E-state index contributed by atoms with van der Waals surface area (Å²) in [4.78, 5) is 6.37. The van der Waals surface area contributed by atoms with Crippen LogP contribution in [0.3, 0.4) is 0 Å². The Labute approximate surface area is 72.0 Å². The molecule has 0 saturated heterocycles. The lowest BCUT2D eigenvalue weighted by Crippen LogP contribution is -2.12. The highest BCUT2D eigenvalue weighted by molar-refractivity contribution is 5.56. The summed E-state index contributed by atoms with van der Waals surface area (Å²) in [7, 11) is 3.73. The molecule has 0 aliphatic carbocycles. The number of anilines is 1.